The summed E-state index contributed by atoms with van der Waals surface area (Å²) < 4.78 is 67.8. The van der Waals surface area contributed by atoms with Crippen molar-refractivity contribution in [1.82, 2.24) is 40.2 Å². The summed E-state index contributed by atoms with van der Waals surface area (Å²) in [6, 6.07) is 0.724. The molecular formula is C24H27F5N8O3. The number of carbonyl (C=O) groups is 2. The first-order chi connectivity index (χ1) is 18.9. The van der Waals surface area contributed by atoms with Gasteiger partial charge in [-0.25, -0.2) is 23.0 Å². The van der Waals surface area contributed by atoms with Gasteiger partial charge in [0.2, 0.25) is 11.8 Å². The standard InChI is InChI=1S/C24H27F5N8O3/c25-23(26)6-3-13(4-7-23)20(34-22(40)17-11-30-35-37(17)15-1-2-15)16-12-36-18(32-16)9-14(10-31-36)21(39)33-19(38)5-8-24(27,28)29/h9-13,15,20-21,39H,1-8H2,(H,33,38)(H,34,40)/t20-,21+/m0/s1. The van der Waals surface area contributed by atoms with E-state index in [1.165, 1.54) is 29.2 Å². The first-order valence-corrected chi connectivity index (χ1v) is 12.9. The number of nitrogens with zero attached hydrogens (tertiary/aromatic N) is 6. The topological polar surface area (TPSA) is 139 Å². The van der Waals surface area contributed by atoms with E-state index in [9.17, 15) is 36.6 Å². The van der Waals surface area contributed by atoms with E-state index in [0.29, 0.717) is 5.69 Å². The van der Waals surface area contributed by atoms with E-state index < -0.39 is 49.0 Å². The number of carbonyl (C=O) groups excluding carboxylic acids is 2. The number of alkyl halides is 5. The van der Waals surface area contributed by atoms with E-state index in [4.69, 9.17) is 0 Å². The molecule has 3 aromatic heterocycles. The number of aromatic nitrogens is 6. The fourth-order valence-corrected chi connectivity index (χ4v) is 4.81. The first-order valence-electron chi connectivity index (χ1n) is 12.9. The Morgan fingerprint density at radius 2 is 1.85 bits per heavy atom. The number of rotatable bonds is 9. The maximum atomic E-state index is 13.9. The average Bonchev–Trinajstić information content (AvgIpc) is 3.45. The Balaban J connectivity index is 1.36. The predicted molar refractivity (Wildman–Crippen MR) is 127 cm³/mol. The molecule has 0 radical (unpaired) electrons. The highest BCUT2D eigenvalue weighted by atomic mass is 19.4. The van der Waals surface area contributed by atoms with Crippen LogP contribution in [-0.2, 0) is 4.79 Å². The minimum absolute atomic E-state index is 0.0716. The monoisotopic (exact) mass is 570 g/mol. The molecule has 11 nitrogen and oxygen atoms in total. The van der Waals surface area contributed by atoms with Crippen molar-refractivity contribution in [3.05, 3.63) is 41.6 Å². The van der Waals surface area contributed by atoms with Crippen LogP contribution in [0.3, 0.4) is 0 Å². The Hall–Kier alpha value is -3.69. The third kappa shape index (κ3) is 6.54. The van der Waals surface area contributed by atoms with Crippen molar-refractivity contribution in [2.75, 3.05) is 0 Å². The van der Waals surface area contributed by atoms with Crippen molar-refractivity contribution in [3.8, 4) is 0 Å². The van der Waals surface area contributed by atoms with Crippen LogP contribution in [0.2, 0.25) is 0 Å². The second-order valence-electron chi connectivity index (χ2n) is 10.3. The molecule has 0 saturated heterocycles. The number of hydrogen-bond donors (Lipinski definition) is 3. The lowest BCUT2D eigenvalue weighted by Crippen LogP contribution is -2.38. The maximum Gasteiger partial charge on any atom is 0.389 e. The van der Waals surface area contributed by atoms with Gasteiger partial charge >= 0.3 is 6.18 Å². The van der Waals surface area contributed by atoms with Crippen molar-refractivity contribution in [3.63, 3.8) is 0 Å². The minimum atomic E-state index is -4.51. The maximum absolute atomic E-state index is 13.9. The second kappa shape index (κ2) is 10.7. The molecule has 0 bridgehead atoms. The van der Waals surface area contributed by atoms with Crippen LogP contribution in [0, 0.1) is 5.92 Å². The van der Waals surface area contributed by atoms with E-state index in [1.807, 2.05) is 0 Å². The van der Waals surface area contributed by atoms with Crippen LogP contribution in [0.25, 0.3) is 5.65 Å². The van der Waals surface area contributed by atoms with Crippen LogP contribution in [0.1, 0.15) is 91.4 Å². The average molecular weight is 571 g/mol. The Kier molecular flexibility index (Phi) is 7.46. The van der Waals surface area contributed by atoms with E-state index in [-0.39, 0.29) is 54.5 Å². The molecule has 2 aliphatic rings. The summed E-state index contributed by atoms with van der Waals surface area (Å²) in [6.45, 7) is 0. The molecule has 2 fully saturated rings. The van der Waals surface area contributed by atoms with Gasteiger partial charge in [0, 0.05) is 24.8 Å². The van der Waals surface area contributed by atoms with E-state index in [1.54, 1.807) is 4.68 Å². The molecule has 2 amide bonds. The van der Waals surface area contributed by atoms with Crippen molar-refractivity contribution in [1.29, 1.82) is 0 Å². The highest BCUT2D eigenvalue weighted by molar-refractivity contribution is 5.92. The number of amides is 2. The second-order valence-corrected chi connectivity index (χ2v) is 10.3. The van der Waals surface area contributed by atoms with Gasteiger partial charge in [0.05, 0.1) is 42.8 Å². The smallest absolute Gasteiger partial charge is 0.369 e. The number of nitrogens with one attached hydrogen (secondary N) is 2. The molecule has 2 atom stereocenters. The molecule has 3 aromatic rings. The van der Waals surface area contributed by atoms with E-state index in [2.05, 4.69) is 31.0 Å². The quantitative estimate of drug-likeness (QED) is 0.265. The summed E-state index contributed by atoms with van der Waals surface area (Å²) in [7, 11) is 0. The van der Waals surface area contributed by atoms with Gasteiger partial charge in [0.25, 0.3) is 5.91 Å². The molecule has 2 aliphatic carbocycles. The highest BCUT2D eigenvalue weighted by Gasteiger charge is 2.40. The Morgan fingerprint density at radius 3 is 2.52 bits per heavy atom. The number of hydrogen-bond acceptors (Lipinski definition) is 7. The third-order valence-electron chi connectivity index (χ3n) is 7.15. The van der Waals surface area contributed by atoms with Crippen LogP contribution in [0.4, 0.5) is 22.0 Å². The van der Waals surface area contributed by atoms with Crippen LogP contribution >= 0.6 is 0 Å². The van der Waals surface area contributed by atoms with Gasteiger partial charge in [-0.3, -0.25) is 9.59 Å². The van der Waals surface area contributed by atoms with Crippen molar-refractivity contribution in [2.24, 2.45) is 5.92 Å². The highest BCUT2D eigenvalue weighted by Crippen LogP contribution is 2.41. The van der Waals surface area contributed by atoms with Gasteiger partial charge in [0.1, 0.15) is 5.69 Å². The molecule has 0 unspecified atom stereocenters. The zero-order valence-electron chi connectivity index (χ0n) is 21.1. The summed E-state index contributed by atoms with van der Waals surface area (Å²) in [6.07, 6.45) is -2.85. The third-order valence-corrected chi connectivity index (χ3v) is 7.15. The van der Waals surface area contributed by atoms with E-state index in [0.717, 1.165) is 12.8 Å². The number of fused-ring (bicyclic) bond motifs is 1. The van der Waals surface area contributed by atoms with Gasteiger partial charge in [-0.1, -0.05) is 5.21 Å². The van der Waals surface area contributed by atoms with Crippen molar-refractivity contribution < 1.29 is 36.6 Å². The van der Waals surface area contributed by atoms with Gasteiger partial charge in [-0.05, 0) is 37.7 Å². The van der Waals surface area contributed by atoms with Crippen LogP contribution in [-0.4, -0.2) is 58.6 Å². The molecule has 40 heavy (non-hydrogen) atoms. The number of halogens is 5. The SMILES string of the molecule is O=C(CCC(F)(F)F)N[C@H](O)c1cnn2cc([C@@H](NC(=O)c3cnnn3C3CC3)C3CCC(F)(F)CC3)nc2c1. The molecular weight excluding hydrogens is 543 g/mol. The molecule has 0 aliphatic heterocycles. The van der Waals surface area contributed by atoms with E-state index >= 15 is 0 Å². The van der Waals surface area contributed by atoms with Gasteiger partial charge in [0.15, 0.2) is 11.9 Å². The van der Waals surface area contributed by atoms with Gasteiger partial charge in [-0.15, -0.1) is 5.10 Å². The summed E-state index contributed by atoms with van der Waals surface area (Å²) in [5, 5.41) is 27.3. The molecule has 5 rings (SSSR count). The van der Waals surface area contributed by atoms with Crippen LogP contribution in [0.15, 0.2) is 24.7 Å². The predicted octanol–water partition coefficient (Wildman–Crippen LogP) is 3.40. The van der Waals surface area contributed by atoms with Gasteiger partial charge in [-0.2, -0.15) is 18.3 Å². The summed E-state index contributed by atoms with van der Waals surface area (Å²) in [4.78, 5) is 29.5. The number of aliphatic hydroxyl groups excluding tert-OH is 1. The van der Waals surface area contributed by atoms with Crippen molar-refractivity contribution >= 4 is 17.5 Å². The molecule has 3 heterocycles. The molecule has 2 saturated carbocycles. The van der Waals surface area contributed by atoms with Crippen molar-refractivity contribution in [2.45, 2.75) is 81.8 Å². The zero-order valence-corrected chi connectivity index (χ0v) is 21.1. The lowest BCUT2D eigenvalue weighted by molar-refractivity contribution is -0.145. The summed E-state index contributed by atoms with van der Waals surface area (Å²) in [5.74, 6) is -4.60. The Labute approximate surface area is 224 Å². The minimum Gasteiger partial charge on any atom is -0.369 e. The zero-order chi connectivity index (χ0) is 28.7. The lowest BCUT2D eigenvalue weighted by atomic mass is 9.81. The molecule has 216 valence electrons. The molecule has 0 spiro atoms. The fraction of sp³-hybridized carbons (Fsp3) is 0.583. The fourth-order valence-electron chi connectivity index (χ4n) is 4.81. The largest absolute Gasteiger partial charge is 0.389 e. The summed E-state index contributed by atoms with van der Waals surface area (Å²) in [5.41, 5.74) is 0.882. The van der Waals surface area contributed by atoms with Crippen LogP contribution < -0.4 is 10.6 Å². The molecule has 16 heteroatoms. The Morgan fingerprint density at radius 1 is 1.12 bits per heavy atom. The normalized spacial score (nSPS) is 19.4. The number of imidazole rings is 1. The molecule has 3 N–H and O–H groups in total. The van der Waals surface area contributed by atoms with Gasteiger partial charge < -0.3 is 15.7 Å². The summed E-state index contributed by atoms with van der Waals surface area (Å²) >= 11 is 0. The molecule has 0 aromatic carbocycles. The Bertz CT molecular complexity index is 1380. The first kappa shape index (κ1) is 27.9. The van der Waals surface area contributed by atoms with Crippen LogP contribution in [0.5, 0.6) is 0 Å². The lowest BCUT2D eigenvalue weighted by Gasteiger charge is -2.33. The number of aliphatic hydroxyl groups is 1.